The smallest absolute Gasteiger partial charge is 0.309 e. The topological polar surface area (TPSA) is 46.6 Å². The molecule has 0 aromatic carbocycles. The van der Waals surface area contributed by atoms with Crippen molar-refractivity contribution in [3.05, 3.63) is 0 Å². The summed E-state index contributed by atoms with van der Waals surface area (Å²) in [6, 6.07) is 0.315. The standard InChI is InChI=1S/C13H19NO3/c1-2-17-13(16)9-5-6-14-11-4-3-8(12(14)15)7-10(9)11/h8-11H,2-7H2,1H3/t8-,9-,10-,11-/m0/s1. The summed E-state index contributed by atoms with van der Waals surface area (Å²) < 4.78 is 5.16. The molecule has 0 spiro atoms. The van der Waals surface area contributed by atoms with E-state index >= 15 is 0 Å². The zero-order chi connectivity index (χ0) is 12.0. The van der Waals surface area contributed by atoms with E-state index in [0.717, 1.165) is 32.2 Å². The molecule has 3 aliphatic heterocycles. The molecule has 4 bridgehead atoms. The van der Waals surface area contributed by atoms with Crippen LogP contribution in [0.25, 0.3) is 0 Å². The summed E-state index contributed by atoms with van der Waals surface area (Å²) in [5.41, 5.74) is 0. The van der Waals surface area contributed by atoms with Crippen molar-refractivity contribution in [1.82, 2.24) is 4.90 Å². The first-order valence-corrected chi connectivity index (χ1v) is 6.69. The van der Waals surface area contributed by atoms with Crippen LogP contribution in [0.2, 0.25) is 0 Å². The molecular weight excluding hydrogens is 218 g/mol. The summed E-state index contributed by atoms with van der Waals surface area (Å²) in [5, 5.41) is 0. The Balaban J connectivity index is 1.80. The molecule has 94 valence electrons. The molecule has 4 nitrogen and oxygen atoms in total. The van der Waals surface area contributed by atoms with E-state index in [1.807, 2.05) is 11.8 Å². The molecule has 0 N–H and O–H groups in total. The number of hydrogen-bond donors (Lipinski definition) is 0. The molecule has 0 unspecified atom stereocenters. The van der Waals surface area contributed by atoms with Crippen molar-refractivity contribution in [2.24, 2.45) is 17.8 Å². The predicted molar refractivity (Wildman–Crippen MR) is 61.1 cm³/mol. The first-order chi connectivity index (χ1) is 8.22. The molecule has 1 aliphatic carbocycles. The summed E-state index contributed by atoms with van der Waals surface area (Å²) in [6.07, 6.45) is 3.80. The van der Waals surface area contributed by atoms with Gasteiger partial charge in [-0.3, -0.25) is 9.59 Å². The molecule has 3 saturated heterocycles. The molecule has 4 aliphatic rings. The van der Waals surface area contributed by atoms with E-state index in [-0.39, 0.29) is 17.8 Å². The number of hydrogen-bond acceptors (Lipinski definition) is 3. The molecule has 4 atom stereocenters. The number of esters is 1. The lowest BCUT2D eigenvalue weighted by atomic mass is 9.64. The molecule has 4 fully saturated rings. The number of carbonyl (C=O) groups is 2. The Morgan fingerprint density at radius 3 is 3.00 bits per heavy atom. The monoisotopic (exact) mass is 237 g/mol. The van der Waals surface area contributed by atoms with Gasteiger partial charge >= 0.3 is 5.97 Å². The highest BCUT2D eigenvalue weighted by Crippen LogP contribution is 2.47. The molecule has 0 radical (unpaired) electrons. The number of carbonyl (C=O) groups excluding carboxylic acids is 2. The van der Waals surface area contributed by atoms with E-state index in [9.17, 15) is 9.59 Å². The second-order valence-electron chi connectivity index (χ2n) is 5.42. The van der Waals surface area contributed by atoms with Crippen molar-refractivity contribution in [3.8, 4) is 0 Å². The summed E-state index contributed by atoms with van der Waals surface area (Å²) >= 11 is 0. The van der Waals surface area contributed by atoms with Crippen molar-refractivity contribution in [3.63, 3.8) is 0 Å². The van der Waals surface area contributed by atoms with Crippen LogP contribution in [-0.2, 0) is 14.3 Å². The van der Waals surface area contributed by atoms with Gasteiger partial charge in [0.25, 0.3) is 0 Å². The first-order valence-electron chi connectivity index (χ1n) is 6.69. The molecule has 0 aromatic rings. The maximum Gasteiger partial charge on any atom is 0.309 e. The minimum atomic E-state index is -0.0443. The maximum atomic E-state index is 12.0. The van der Waals surface area contributed by atoms with Crippen molar-refractivity contribution in [1.29, 1.82) is 0 Å². The Labute approximate surface area is 101 Å². The zero-order valence-corrected chi connectivity index (χ0v) is 10.2. The van der Waals surface area contributed by atoms with Gasteiger partial charge in [0.15, 0.2) is 0 Å². The van der Waals surface area contributed by atoms with Crippen LogP contribution in [0.15, 0.2) is 0 Å². The number of amides is 1. The van der Waals surface area contributed by atoms with Gasteiger partial charge in [-0.1, -0.05) is 0 Å². The van der Waals surface area contributed by atoms with E-state index in [0.29, 0.717) is 24.5 Å². The SMILES string of the molecule is CCOC(=O)[C@H]1CCN2C(=O)[C@H]3CC[C@H]2[C@H]1C3. The molecule has 4 heteroatoms. The van der Waals surface area contributed by atoms with Crippen LogP contribution in [0, 0.1) is 17.8 Å². The van der Waals surface area contributed by atoms with Crippen LogP contribution < -0.4 is 0 Å². The van der Waals surface area contributed by atoms with Gasteiger partial charge in [-0.15, -0.1) is 0 Å². The fraction of sp³-hybridized carbons (Fsp3) is 0.846. The number of rotatable bonds is 2. The number of ether oxygens (including phenoxy) is 1. The number of piperidine rings is 3. The van der Waals surface area contributed by atoms with Gasteiger partial charge in [0.2, 0.25) is 5.91 Å². The van der Waals surface area contributed by atoms with E-state index in [4.69, 9.17) is 4.74 Å². The fourth-order valence-corrected chi connectivity index (χ4v) is 3.94. The average molecular weight is 237 g/mol. The van der Waals surface area contributed by atoms with Crippen LogP contribution in [-0.4, -0.2) is 36.0 Å². The van der Waals surface area contributed by atoms with Gasteiger partial charge < -0.3 is 9.64 Å². The van der Waals surface area contributed by atoms with Gasteiger partial charge in [0.05, 0.1) is 12.5 Å². The fourth-order valence-electron chi connectivity index (χ4n) is 3.94. The summed E-state index contributed by atoms with van der Waals surface area (Å²) in [6.45, 7) is 3.06. The Hall–Kier alpha value is -1.06. The lowest BCUT2D eigenvalue weighted by Crippen LogP contribution is -2.62. The van der Waals surface area contributed by atoms with E-state index in [1.165, 1.54) is 0 Å². The third kappa shape index (κ3) is 1.57. The minimum absolute atomic E-state index is 0.0344. The van der Waals surface area contributed by atoms with Gasteiger partial charge in [0, 0.05) is 18.5 Å². The second-order valence-corrected chi connectivity index (χ2v) is 5.42. The normalized spacial score (nSPS) is 39.4. The molecular formula is C13H19NO3. The van der Waals surface area contributed by atoms with Gasteiger partial charge in [0.1, 0.15) is 0 Å². The lowest BCUT2D eigenvalue weighted by molar-refractivity contribution is -0.170. The highest BCUT2D eigenvalue weighted by Gasteiger charge is 2.52. The van der Waals surface area contributed by atoms with Gasteiger partial charge in [-0.25, -0.2) is 0 Å². The quantitative estimate of drug-likeness (QED) is 0.678. The maximum absolute atomic E-state index is 12.0. The van der Waals surface area contributed by atoms with Crippen molar-refractivity contribution in [2.75, 3.05) is 13.2 Å². The van der Waals surface area contributed by atoms with Crippen LogP contribution in [0.4, 0.5) is 0 Å². The number of fused-ring (bicyclic) bond motifs is 1. The van der Waals surface area contributed by atoms with Crippen LogP contribution >= 0.6 is 0 Å². The van der Waals surface area contributed by atoms with Crippen LogP contribution in [0.5, 0.6) is 0 Å². The van der Waals surface area contributed by atoms with Gasteiger partial charge in [-0.05, 0) is 38.5 Å². The third-order valence-electron chi connectivity index (χ3n) is 4.68. The molecule has 1 amide bonds. The van der Waals surface area contributed by atoms with Crippen LogP contribution in [0.3, 0.4) is 0 Å². The van der Waals surface area contributed by atoms with Gasteiger partial charge in [-0.2, -0.15) is 0 Å². The minimum Gasteiger partial charge on any atom is -0.466 e. The van der Waals surface area contributed by atoms with Crippen molar-refractivity contribution >= 4 is 11.9 Å². The molecule has 4 rings (SSSR count). The molecule has 1 saturated carbocycles. The van der Waals surface area contributed by atoms with E-state index in [1.54, 1.807) is 0 Å². The highest BCUT2D eigenvalue weighted by molar-refractivity contribution is 5.82. The Morgan fingerprint density at radius 2 is 2.24 bits per heavy atom. The summed E-state index contributed by atoms with van der Waals surface area (Å²) in [4.78, 5) is 26.0. The Bertz CT molecular complexity index is 355. The first kappa shape index (κ1) is 11.1. The average Bonchev–Trinajstić information content (AvgIpc) is 2.35. The highest BCUT2D eigenvalue weighted by atomic mass is 16.5. The molecule has 17 heavy (non-hydrogen) atoms. The Morgan fingerprint density at radius 1 is 1.41 bits per heavy atom. The lowest BCUT2D eigenvalue weighted by Gasteiger charge is -2.54. The Kier molecular flexibility index (Phi) is 2.60. The summed E-state index contributed by atoms with van der Waals surface area (Å²) in [7, 11) is 0. The van der Waals surface area contributed by atoms with E-state index in [2.05, 4.69) is 0 Å². The number of nitrogens with zero attached hydrogens (tertiary/aromatic N) is 1. The van der Waals surface area contributed by atoms with E-state index < -0.39 is 0 Å². The second kappa shape index (κ2) is 4.00. The van der Waals surface area contributed by atoms with Crippen molar-refractivity contribution in [2.45, 2.75) is 38.6 Å². The van der Waals surface area contributed by atoms with Crippen LogP contribution in [0.1, 0.15) is 32.6 Å². The predicted octanol–water partition coefficient (Wildman–Crippen LogP) is 1.20. The molecule has 3 heterocycles. The van der Waals surface area contributed by atoms with Crippen molar-refractivity contribution < 1.29 is 14.3 Å². The zero-order valence-electron chi connectivity index (χ0n) is 10.2. The molecule has 0 aromatic heterocycles. The largest absolute Gasteiger partial charge is 0.466 e. The summed E-state index contributed by atoms with van der Waals surface area (Å²) in [5.74, 6) is 0.866. The third-order valence-corrected chi connectivity index (χ3v) is 4.68.